The van der Waals surface area contributed by atoms with Crippen molar-refractivity contribution in [1.29, 1.82) is 0 Å². The molecule has 0 amide bonds. The lowest BCUT2D eigenvalue weighted by Crippen LogP contribution is -2.30. The molecule has 0 saturated carbocycles. The number of carbonyl (C=O) groups is 1. The predicted octanol–water partition coefficient (Wildman–Crippen LogP) is 2.13. The SMILES string of the molecule is CCS(=O)(=O)N1CCc2cc(C(=O)Cn3cnc4cc(F)ccc4c3=O)ccc21. The van der Waals surface area contributed by atoms with Crippen LogP contribution < -0.4 is 9.86 Å². The van der Waals surface area contributed by atoms with Crippen molar-refractivity contribution in [2.75, 3.05) is 16.6 Å². The van der Waals surface area contributed by atoms with E-state index in [1.165, 1.54) is 33.4 Å². The van der Waals surface area contributed by atoms with Crippen molar-refractivity contribution in [3.05, 3.63) is 70.0 Å². The largest absolute Gasteiger partial charge is 0.292 e. The lowest BCUT2D eigenvalue weighted by molar-refractivity contribution is 0.0970. The van der Waals surface area contributed by atoms with Crippen LogP contribution in [-0.4, -0.2) is 36.0 Å². The highest BCUT2D eigenvalue weighted by molar-refractivity contribution is 7.92. The molecule has 3 aromatic rings. The molecule has 0 aliphatic carbocycles. The molecule has 0 spiro atoms. The summed E-state index contributed by atoms with van der Waals surface area (Å²) in [6.45, 7) is 1.73. The van der Waals surface area contributed by atoms with E-state index in [1.54, 1.807) is 25.1 Å². The highest BCUT2D eigenvalue weighted by Crippen LogP contribution is 2.31. The van der Waals surface area contributed by atoms with E-state index in [0.29, 0.717) is 24.2 Å². The summed E-state index contributed by atoms with van der Waals surface area (Å²) in [5.74, 6) is -0.778. The highest BCUT2D eigenvalue weighted by atomic mass is 32.2. The average molecular weight is 415 g/mol. The second kappa shape index (κ2) is 7.07. The number of aromatic nitrogens is 2. The van der Waals surface area contributed by atoms with Crippen LogP contribution in [0.5, 0.6) is 0 Å². The van der Waals surface area contributed by atoms with E-state index in [4.69, 9.17) is 0 Å². The summed E-state index contributed by atoms with van der Waals surface area (Å²) in [5, 5.41) is 0.232. The molecule has 1 aromatic heterocycles. The average Bonchev–Trinajstić information content (AvgIpc) is 3.14. The first-order valence-electron chi connectivity index (χ1n) is 9.11. The first kappa shape index (κ1) is 19.3. The van der Waals surface area contributed by atoms with Gasteiger partial charge in [0.15, 0.2) is 5.78 Å². The summed E-state index contributed by atoms with van der Waals surface area (Å²) in [7, 11) is -3.35. The van der Waals surface area contributed by atoms with Crippen molar-refractivity contribution in [3.63, 3.8) is 0 Å². The molecule has 2 heterocycles. The molecule has 0 unspecified atom stereocenters. The molecule has 0 atom stereocenters. The number of benzene rings is 2. The van der Waals surface area contributed by atoms with E-state index >= 15 is 0 Å². The van der Waals surface area contributed by atoms with Gasteiger partial charge in [-0.15, -0.1) is 0 Å². The number of anilines is 1. The minimum absolute atomic E-state index is 0.00883. The Labute approximate surface area is 166 Å². The van der Waals surface area contributed by atoms with E-state index in [-0.39, 0.29) is 29.0 Å². The van der Waals surface area contributed by atoms with Gasteiger partial charge in [-0.3, -0.25) is 18.5 Å². The lowest BCUT2D eigenvalue weighted by atomic mass is 10.1. The molecule has 150 valence electrons. The number of Topliss-reactive ketones (excluding diaryl/α,β-unsaturated/α-hetero) is 1. The molecule has 0 radical (unpaired) electrons. The fraction of sp³-hybridized carbons (Fsp3) is 0.250. The fourth-order valence-corrected chi connectivity index (χ4v) is 4.64. The summed E-state index contributed by atoms with van der Waals surface area (Å²) in [6, 6.07) is 8.57. The Bertz CT molecular complexity index is 1300. The first-order valence-corrected chi connectivity index (χ1v) is 10.7. The van der Waals surface area contributed by atoms with E-state index in [0.717, 1.165) is 5.56 Å². The summed E-state index contributed by atoms with van der Waals surface area (Å²) in [5.41, 5.74) is 1.58. The van der Waals surface area contributed by atoms with Gasteiger partial charge < -0.3 is 0 Å². The zero-order valence-electron chi connectivity index (χ0n) is 15.6. The first-order chi connectivity index (χ1) is 13.8. The molecular formula is C20H18FN3O4S. The van der Waals surface area contributed by atoms with Crippen LogP contribution in [0.3, 0.4) is 0 Å². The third-order valence-electron chi connectivity index (χ3n) is 5.06. The van der Waals surface area contributed by atoms with Gasteiger partial charge in [0, 0.05) is 18.2 Å². The minimum Gasteiger partial charge on any atom is -0.292 e. The van der Waals surface area contributed by atoms with Crippen molar-refractivity contribution in [3.8, 4) is 0 Å². The van der Waals surface area contributed by atoms with Crippen molar-refractivity contribution in [2.24, 2.45) is 0 Å². The van der Waals surface area contributed by atoms with Gasteiger partial charge in [0.25, 0.3) is 5.56 Å². The Morgan fingerprint density at radius 1 is 1.21 bits per heavy atom. The number of rotatable bonds is 5. The standard InChI is InChI=1S/C20H18FN3O4S/c1-2-29(27,28)24-8-7-13-9-14(3-6-18(13)24)19(25)11-23-12-22-17-10-15(21)4-5-16(17)20(23)26/h3-6,9-10,12H,2,7-8,11H2,1H3. The molecule has 0 N–H and O–H groups in total. The van der Waals surface area contributed by atoms with E-state index in [9.17, 15) is 22.4 Å². The lowest BCUT2D eigenvalue weighted by Gasteiger charge is -2.18. The molecule has 1 aliphatic rings. The van der Waals surface area contributed by atoms with Crippen LogP contribution in [0.1, 0.15) is 22.8 Å². The van der Waals surface area contributed by atoms with E-state index in [1.807, 2.05) is 0 Å². The van der Waals surface area contributed by atoms with Crippen LogP contribution >= 0.6 is 0 Å². The molecular weight excluding hydrogens is 397 g/mol. The zero-order chi connectivity index (χ0) is 20.8. The van der Waals surface area contributed by atoms with Crippen LogP contribution in [-0.2, 0) is 23.0 Å². The number of sulfonamides is 1. The van der Waals surface area contributed by atoms with Gasteiger partial charge in [0.1, 0.15) is 5.82 Å². The van der Waals surface area contributed by atoms with Crippen LogP contribution in [0.2, 0.25) is 0 Å². The smallest absolute Gasteiger partial charge is 0.261 e. The second-order valence-corrected chi connectivity index (χ2v) is 9.01. The molecule has 29 heavy (non-hydrogen) atoms. The maximum atomic E-state index is 13.3. The number of nitrogens with zero attached hydrogens (tertiary/aromatic N) is 3. The Kier molecular flexibility index (Phi) is 4.70. The topological polar surface area (TPSA) is 89.3 Å². The monoisotopic (exact) mass is 415 g/mol. The fourth-order valence-electron chi connectivity index (χ4n) is 3.48. The number of halogens is 1. The van der Waals surface area contributed by atoms with Crippen molar-refractivity contribution >= 4 is 32.4 Å². The maximum Gasteiger partial charge on any atom is 0.261 e. The van der Waals surface area contributed by atoms with Crippen LogP contribution in [0.15, 0.2) is 47.5 Å². The van der Waals surface area contributed by atoms with Gasteiger partial charge in [-0.1, -0.05) is 0 Å². The number of hydrogen-bond donors (Lipinski definition) is 0. The minimum atomic E-state index is -3.35. The quantitative estimate of drug-likeness (QED) is 0.596. The Morgan fingerprint density at radius 3 is 2.76 bits per heavy atom. The van der Waals surface area contributed by atoms with Gasteiger partial charge in [-0.05, 0) is 49.2 Å². The number of fused-ring (bicyclic) bond motifs is 2. The highest BCUT2D eigenvalue weighted by Gasteiger charge is 2.28. The Morgan fingerprint density at radius 2 is 2.00 bits per heavy atom. The molecule has 7 nitrogen and oxygen atoms in total. The Hall–Kier alpha value is -3.07. The van der Waals surface area contributed by atoms with Gasteiger partial charge >= 0.3 is 0 Å². The zero-order valence-corrected chi connectivity index (χ0v) is 16.4. The van der Waals surface area contributed by atoms with E-state index < -0.39 is 21.4 Å². The number of carbonyl (C=O) groups excluding carboxylic acids is 1. The summed E-state index contributed by atoms with van der Waals surface area (Å²) in [4.78, 5) is 29.3. The Balaban J connectivity index is 1.62. The molecule has 9 heteroatoms. The molecule has 0 saturated heterocycles. The predicted molar refractivity (Wildman–Crippen MR) is 107 cm³/mol. The van der Waals surface area contributed by atoms with Crippen molar-refractivity contribution in [1.82, 2.24) is 9.55 Å². The van der Waals surface area contributed by atoms with Crippen molar-refractivity contribution in [2.45, 2.75) is 19.9 Å². The van der Waals surface area contributed by atoms with Crippen molar-refractivity contribution < 1.29 is 17.6 Å². The molecule has 1 aliphatic heterocycles. The molecule has 0 bridgehead atoms. The van der Waals surface area contributed by atoms with Gasteiger partial charge in [0.05, 0.1) is 35.2 Å². The van der Waals surface area contributed by atoms with E-state index in [2.05, 4.69) is 4.98 Å². The van der Waals surface area contributed by atoms with Crippen LogP contribution in [0.4, 0.5) is 10.1 Å². The van der Waals surface area contributed by atoms with Crippen LogP contribution in [0.25, 0.3) is 10.9 Å². The van der Waals surface area contributed by atoms with Crippen LogP contribution in [0, 0.1) is 5.82 Å². The summed E-state index contributed by atoms with van der Waals surface area (Å²) in [6.07, 6.45) is 1.75. The summed E-state index contributed by atoms with van der Waals surface area (Å²) < 4.78 is 40.2. The molecule has 2 aromatic carbocycles. The second-order valence-electron chi connectivity index (χ2n) is 6.83. The summed E-state index contributed by atoms with van der Waals surface area (Å²) >= 11 is 0. The van der Waals surface area contributed by atoms with Gasteiger partial charge in [0.2, 0.25) is 10.0 Å². The number of ketones is 1. The van der Waals surface area contributed by atoms with Gasteiger partial charge in [-0.2, -0.15) is 0 Å². The van der Waals surface area contributed by atoms with Gasteiger partial charge in [-0.25, -0.2) is 17.8 Å². The normalized spacial score (nSPS) is 13.7. The number of hydrogen-bond acceptors (Lipinski definition) is 5. The molecule has 4 rings (SSSR count). The third kappa shape index (κ3) is 3.42. The maximum absolute atomic E-state index is 13.3. The third-order valence-corrected chi connectivity index (χ3v) is 6.84. The molecule has 0 fully saturated rings.